The van der Waals surface area contributed by atoms with Gasteiger partial charge in [0.1, 0.15) is 5.75 Å². The van der Waals surface area contributed by atoms with Crippen LogP contribution < -0.4 is 4.74 Å². The van der Waals surface area contributed by atoms with Crippen LogP contribution in [-0.4, -0.2) is 11.3 Å². The van der Waals surface area contributed by atoms with Crippen molar-refractivity contribution in [1.29, 1.82) is 0 Å². The van der Waals surface area contributed by atoms with Gasteiger partial charge in [-0.15, -0.1) is 13.2 Å². The van der Waals surface area contributed by atoms with Gasteiger partial charge in [0.2, 0.25) is 0 Å². The number of halogens is 3. The van der Waals surface area contributed by atoms with Crippen molar-refractivity contribution in [1.82, 2.24) is 0 Å². The van der Waals surface area contributed by atoms with Crippen molar-refractivity contribution in [3.8, 4) is 5.75 Å². The molecule has 0 fully saturated rings. The lowest BCUT2D eigenvalue weighted by Gasteiger charge is -2.08. The van der Waals surface area contributed by atoms with Crippen molar-refractivity contribution < 1.29 is 22.8 Å². The van der Waals surface area contributed by atoms with E-state index in [4.69, 9.17) is 0 Å². The highest BCUT2D eigenvalue weighted by molar-refractivity contribution is 5.48. The summed E-state index contributed by atoms with van der Waals surface area (Å²) < 4.78 is 39.1. The molecule has 85 valence electrons. The fourth-order valence-corrected chi connectivity index (χ4v) is 1.01. The third kappa shape index (κ3) is 2.97. The third-order valence-electron chi connectivity index (χ3n) is 1.59. The number of nitro benzene ring substituents is 1. The monoisotopic (exact) mass is 232 g/mol. The fourth-order valence-electron chi connectivity index (χ4n) is 1.01. The molecule has 0 aromatic heterocycles. The number of nitrogens with zero attached hydrogens (tertiary/aromatic N) is 1. The zero-order valence-electron chi connectivity index (χ0n) is 7.75. The molecule has 0 atom stereocenters. The summed E-state index contributed by atoms with van der Waals surface area (Å²) in [5.74, 6) is -0.552. The summed E-state index contributed by atoms with van der Waals surface area (Å²) in [6, 6.07) is 2.60. The largest absolute Gasteiger partial charge is 0.573 e. The minimum absolute atomic E-state index is 0.160. The molecule has 0 unspecified atom stereocenters. The highest BCUT2D eigenvalue weighted by atomic mass is 19.4. The Labute approximate surface area is 88.1 Å². The molecule has 0 amide bonds. The van der Waals surface area contributed by atoms with E-state index in [2.05, 4.69) is 17.4 Å². The Morgan fingerprint density at radius 1 is 1.44 bits per heavy atom. The lowest BCUT2D eigenvalue weighted by Crippen LogP contribution is -2.17. The second-order valence-corrected chi connectivity index (χ2v) is 2.66. The first-order valence-electron chi connectivity index (χ1n) is 3.91. The Hall–Kier alpha value is -2.05. The maximum Gasteiger partial charge on any atom is 0.573 e. The molecule has 0 spiro atoms. The van der Waals surface area contributed by atoms with Crippen molar-refractivity contribution in [3.05, 3.63) is 46.5 Å². The molecule has 0 bridgehead atoms. The van der Waals surface area contributed by atoms with Crippen molar-refractivity contribution in [2.45, 2.75) is 6.36 Å². The van der Waals surface area contributed by atoms with Gasteiger partial charge in [-0.2, -0.15) is 0 Å². The number of nitro groups is 1. The third-order valence-corrected chi connectivity index (χ3v) is 1.59. The molecule has 0 saturated heterocycles. The van der Waals surface area contributed by atoms with Crippen molar-refractivity contribution in [2.75, 3.05) is 0 Å². The van der Waals surface area contributed by atoms with Gasteiger partial charge in [-0.3, -0.25) is 10.1 Å². The van der Waals surface area contributed by atoms with Crippen LogP contribution in [0.5, 0.6) is 5.75 Å². The molecule has 7 heteroatoms. The number of alkyl halides is 3. The summed E-state index contributed by atoms with van der Waals surface area (Å²) in [5.41, 5.74) is -0.545. The summed E-state index contributed by atoms with van der Waals surface area (Å²) >= 11 is 0. The summed E-state index contributed by atoms with van der Waals surface area (Å²) in [4.78, 5) is 9.71. The van der Waals surface area contributed by atoms with Crippen molar-refractivity contribution in [3.63, 3.8) is 0 Å². The molecule has 1 aromatic rings. The molecule has 1 radical (unpaired) electrons. The van der Waals surface area contributed by atoms with Gasteiger partial charge in [0.25, 0.3) is 5.69 Å². The predicted octanol–water partition coefficient (Wildman–Crippen LogP) is 2.83. The average molecular weight is 232 g/mol. The summed E-state index contributed by atoms with van der Waals surface area (Å²) in [6.45, 7) is 3.15. The number of ether oxygens (including phenoxy) is 1. The van der Waals surface area contributed by atoms with Crippen LogP contribution in [0, 0.1) is 16.2 Å². The van der Waals surface area contributed by atoms with Crippen molar-refractivity contribution >= 4 is 5.69 Å². The van der Waals surface area contributed by atoms with Crippen LogP contribution in [0.2, 0.25) is 0 Å². The second kappa shape index (κ2) is 4.21. The molecule has 1 aromatic carbocycles. The Balaban J connectivity index is 3.09. The Morgan fingerprint density at radius 2 is 2.06 bits per heavy atom. The molecule has 0 aliphatic rings. The van der Waals surface area contributed by atoms with Gasteiger partial charge in [0.15, 0.2) is 0 Å². The zero-order chi connectivity index (χ0) is 12.3. The first-order valence-corrected chi connectivity index (χ1v) is 3.91. The predicted molar refractivity (Wildman–Crippen MR) is 47.8 cm³/mol. The fraction of sp³-hybridized carbons (Fsp3) is 0.111. The normalized spacial score (nSPS) is 10.9. The minimum atomic E-state index is -4.84. The van der Waals surface area contributed by atoms with Gasteiger partial charge in [0, 0.05) is 6.07 Å². The maximum absolute atomic E-state index is 11.8. The van der Waals surface area contributed by atoms with Gasteiger partial charge in [-0.05, 0) is 18.2 Å². The second-order valence-electron chi connectivity index (χ2n) is 2.66. The van der Waals surface area contributed by atoms with E-state index in [0.717, 1.165) is 18.2 Å². The number of hydrogen-bond acceptors (Lipinski definition) is 3. The molecule has 16 heavy (non-hydrogen) atoms. The highest BCUT2D eigenvalue weighted by Gasteiger charge is 2.31. The van der Waals surface area contributed by atoms with Gasteiger partial charge in [0.05, 0.1) is 10.5 Å². The van der Waals surface area contributed by atoms with E-state index in [1.165, 1.54) is 0 Å². The minimum Gasteiger partial charge on any atom is -0.406 e. The smallest absolute Gasteiger partial charge is 0.406 e. The van der Waals surface area contributed by atoms with Crippen LogP contribution in [-0.2, 0) is 0 Å². The SMILES string of the molecule is C=[C]c1cc(OC(F)(F)F)ccc1[N+](=O)[O-]. The van der Waals surface area contributed by atoms with E-state index in [-0.39, 0.29) is 11.3 Å². The van der Waals surface area contributed by atoms with Crippen LogP contribution in [0.3, 0.4) is 0 Å². The molecule has 0 aliphatic carbocycles. The van der Waals surface area contributed by atoms with E-state index in [1.807, 2.05) is 0 Å². The lowest BCUT2D eigenvalue weighted by atomic mass is 10.1. The van der Waals surface area contributed by atoms with E-state index in [1.54, 1.807) is 0 Å². The first-order chi connectivity index (χ1) is 7.33. The number of hydrogen-bond donors (Lipinski definition) is 0. The summed E-state index contributed by atoms with van der Waals surface area (Å²) in [5, 5.41) is 10.5. The summed E-state index contributed by atoms with van der Waals surface area (Å²) in [6.07, 6.45) is -2.67. The lowest BCUT2D eigenvalue weighted by molar-refractivity contribution is -0.385. The molecular weight excluding hydrogens is 227 g/mol. The molecular formula is C9H5F3NO3. The topological polar surface area (TPSA) is 52.4 Å². The Morgan fingerprint density at radius 3 is 2.50 bits per heavy atom. The molecule has 0 saturated carbocycles. The standard InChI is InChI=1S/C9H5F3NO3/c1-2-6-5-7(16-9(10,11)12)3-4-8(6)13(14)15/h3-5H,1H2. The van der Waals surface area contributed by atoms with Gasteiger partial charge in [-0.25, -0.2) is 0 Å². The molecule has 4 nitrogen and oxygen atoms in total. The Kier molecular flexibility index (Phi) is 3.17. The van der Waals surface area contributed by atoms with Crippen LogP contribution in [0.1, 0.15) is 5.56 Å². The van der Waals surface area contributed by atoms with Crippen LogP contribution in [0.25, 0.3) is 0 Å². The van der Waals surface area contributed by atoms with Crippen LogP contribution in [0.4, 0.5) is 18.9 Å². The quantitative estimate of drug-likeness (QED) is 0.594. The zero-order valence-corrected chi connectivity index (χ0v) is 7.75. The molecule has 0 N–H and O–H groups in total. The van der Waals surface area contributed by atoms with Crippen molar-refractivity contribution in [2.24, 2.45) is 0 Å². The van der Waals surface area contributed by atoms with E-state index >= 15 is 0 Å². The van der Waals surface area contributed by atoms with Gasteiger partial charge in [-0.1, -0.05) is 6.58 Å². The van der Waals surface area contributed by atoms with Crippen LogP contribution in [0.15, 0.2) is 24.8 Å². The van der Waals surface area contributed by atoms with Gasteiger partial charge >= 0.3 is 6.36 Å². The maximum atomic E-state index is 11.8. The van der Waals surface area contributed by atoms with E-state index in [9.17, 15) is 23.3 Å². The molecule has 0 heterocycles. The molecule has 1 rings (SSSR count). The van der Waals surface area contributed by atoms with E-state index < -0.39 is 17.0 Å². The average Bonchev–Trinajstić information content (AvgIpc) is 2.14. The van der Waals surface area contributed by atoms with Crippen LogP contribution >= 0.6 is 0 Å². The Bertz CT molecular complexity index is 428. The van der Waals surface area contributed by atoms with E-state index in [0.29, 0.717) is 0 Å². The highest BCUT2D eigenvalue weighted by Crippen LogP contribution is 2.28. The number of rotatable bonds is 3. The first kappa shape index (κ1) is 12.0. The van der Waals surface area contributed by atoms with Gasteiger partial charge < -0.3 is 4.74 Å². The summed E-state index contributed by atoms with van der Waals surface area (Å²) in [7, 11) is 0. The number of benzene rings is 1. The molecule has 0 aliphatic heterocycles.